The molecule has 0 bridgehead atoms. The maximum Gasteiger partial charge on any atom is 0.244 e. The Hall–Kier alpha value is -2.46. The smallest absolute Gasteiger partial charge is 0.244 e. The van der Waals surface area contributed by atoms with E-state index in [4.69, 9.17) is 21.1 Å². The molecular weight excluding hydrogens is 326 g/mol. The van der Waals surface area contributed by atoms with Crippen LogP contribution in [-0.2, 0) is 11.2 Å². The SMILES string of the molecule is COc1ccc(C=CC(=O)NCCc2ccc(Cl)cc2)cc1OC. The van der Waals surface area contributed by atoms with Crippen molar-refractivity contribution in [1.29, 1.82) is 0 Å². The standard InChI is InChI=1S/C19H20ClNO3/c1-23-17-9-5-15(13-18(17)24-2)6-10-19(22)21-12-11-14-3-7-16(20)8-4-14/h3-10,13H,11-12H2,1-2H3,(H,21,22). The molecule has 0 aliphatic heterocycles. The number of hydrogen-bond donors (Lipinski definition) is 1. The molecular formula is C19H20ClNO3. The molecule has 0 aromatic heterocycles. The first-order chi connectivity index (χ1) is 11.6. The van der Waals surface area contributed by atoms with Crippen molar-refractivity contribution in [2.24, 2.45) is 0 Å². The molecule has 0 saturated carbocycles. The number of halogens is 1. The van der Waals surface area contributed by atoms with E-state index in [2.05, 4.69) is 5.32 Å². The fraction of sp³-hybridized carbons (Fsp3) is 0.211. The van der Waals surface area contributed by atoms with Crippen LogP contribution in [0.4, 0.5) is 0 Å². The van der Waals surface area contributed by atoms with Crippen LogP contribution in [-0.4, -0.2) is 26.7 Å². The predicted molar refractivity (Wildman–Crippen MR) is 96.7 cm³/mol. The Balaban J connectivity index is 1.85. The largest absolute Gasteiger partial charge is 0.493 e. The zero-order valence-electron chi connectivity index (χ0n) is 13.7. The van der Waals surface area contributed by atoms with E-state index in [-0.39, 0.29) is 5.91 Å². The van der Waals surface area contributed by atoms with Gasteiger partial charge in [0.05, 0.1) is 14.2 Å². The molecule has 1 amide bonds. The van der Waals surface area contributed by atoms with Gasteiger partial charge >= 0.3 is 0 Å². The Kier molecular flexibility index (Phi) is 6.70. The maximum absolute atomic E-state index is 11.9. The van der Waals surface area contributed by atoms with Gasteiger partial charge in [0.15, 0.2) is 11.5 Å². The Morgan fingerprint density at radius 2 is 1.79 bits per heavy atom. The first kappa shape index (κ1) is 17.9. The summed E-state index contributed by atoms with van der Waals surface area (Å²) in [5.74, 6) is 1.14. The van der Waals surface area contributed by atoms with Gasteiger partial charge in [0.1, 0.15) is 0 Å². The first-order valence-electron chi connectivity index (χ1n) is 7.55. The molecule has 0 aliphatic carbocycles. The van der Waals surface area contributed by atoms with Gasteiger partial charge in [0, 0.05) is 17.6 Å². The monoisotopic (exact) mass is 345 g/mol. The van der Waals surface area contributed by atoms with Crippen LogP contribution in [0.25, 0.3) is 6.08 Å². The summed E-state index contributed by atoms with van der Waals surface area (Å²) in [5, 5.41) is 3.56. The fourth-order valence-corrected chi connectivity index (χ4v) is 2.29. The van der Waals surface area contributed by atoms with E-state index in [1.165, 1.54) is 6.08 Å². The summed E-state index contributed by atoms with van der Waals surface area (Å²) in [6, 6.07) is 13.1. The van der Waals surface area contributed by atoms with Crippen molar-refractivity contribution in [1.82, 2.24) is 5.32 Å². The normalized spacial score (nSPS) is 10.6. The van der Waals surface area contributed by atoms with Crippen molar-refractivity contribution in [3.05, 3.63) is 64.7 Å². The lowest BCUT2D eigenvalue weighted by Crippen LogP contribution is -2.23. The third-order valence-corrected chi connectivity index (χ3v) is 3.71. The van der Waals surface area contributed by atoms with Crippen LogP contribution in [0.15, 0.2) is 48.5 Å². The highest BCUT2D eigenvalue weighted by Crippen LogP contribution is 2.27. The summed E-state index contributed by atoms with van der Waals surface area (Å²) in [5.41, 5.74) is 1.99. The predicted octanol–water partition coefficient (Wildman–Crippen LogP) is 3.73. The van der Waals surface area contributed by atoms with E-state index in [9.17, 15) is 4.79 Å². The van der Waals surface area contributed by atoms with Crippen molar-refractivity contribution < 1.29 is 14.3 Å². The van der Waals surface area contributed by atoms with Gasteiger partial charge in [-0.25, -0.2) is 0 Å². The van der Waals surface area contributed by atoms with Gasteiger partial charge < -0.3 is 14.8 Å². The molecule has 0 aliphatic rings. The molecule has 2 aromatic rings. The highest BCUT2D eigenvalue weighted by molar-refractivity contribution is 6.30. The number of carbonyl (C=O) groups is 1. The average molecular weight is 346 g/mol. The molecule has 0 atom stereocenters. The molecule has 2 aromatic carbocycles. The van der Waals surface area contributed by atoms with Crippen LogP contribution >= 0.6 is 11.6 Å². The first-order valence-corrected chi connectivity index (χ1v) is 7.92. The molecule has 0 heterocycles. The zero-order chi connectivity index (χ0) is 17.4. The number of amides is 1. The Morgan fingerprint density at radius 3 is 2.46 bits per heavy atom. The van der Waals surface area contributed by atoms with Crippen LogP contribution in [0.2, 0.25) is 5.02 Å². The van der Waals surface area contributed by atoms with Crippen molar-refractivity contribution in [3.8, 4) is 11.5 Å². The summed E-state index contributed by atoms with van der Waals surface area (Å²) in [4.78, 5) is 11.9. The lowest BCUT2D eigenvalue weighted by atomic mass is 10.1. The molecule has 0 unspecified atom stereocenters. The molecule has 0 fully saturated rings. The highest BCUT2D eigenvalue weighted by atomic mass is 35.5. The van der Waals surface area contributed by atoms with E-state index < -0.39 is 0 Å². The molecule has 4 nitrogen and oxygen atoms in total. The van der Waals surface area contributed by atoms with E-state index in [1.54, 1.807) is 26.4 Å². The minimum atomic E-state index is -0.140. The van der Waals surface area contributed by atoms with Crippen LogP contribution in [0.5, 0.6) is 11.5 Å². The van der Waals surface area contributed by atoms with Gasteiger partial charge in [-0.05, 0) is 47.9 Å². The average Bonchev–Trinajstić information content (AvgIpc) is 2.61. The number of benzene rings is 2. The van der Waals surface area contributed by atoms with E-state index in [1.807, 2.05) is 36.4 Å². The third kappa shape index (κ3) is 5.32. The van der Waals surface area contributed by atoms with Crippen LogP contribution in [0.1, 0.15) is 11.1 Å². The van der Waals surface area contributed by atoms with Gasteiger partial charge in [-0.15, -0.1) is 0 Å². The lowest BCUT2D eigenvalue weighted by molar-refractivity contribution is -0.116. The van der Waals surface area contributed by atoms with Gasteiger partial charge in [-0.1, -0.05) is 29.8 Å². The maximum atomic E-state index is 11.9. The molecule has 5 heteroatoms. The summed E-state index contributed by atoms with van der Waals surface area (Å²) < 4.78 is 10.4. The number of hydrogen-bond acceptors (Lipinski definition) is 3. The van der Waals surface area contributed by atoms with Crippen LogP contribution < -0.4 is 14.8 Å². The number of nitrogens with one attached hydrogen (secondary N) is 1. The van der Waals surface area contributed by atoms with E-state index in [0.717, 1.165) is 17.5 Å². The number of rotatable bonds is 7. The summed E-state index contributed by atoms with van der Waals surface area (Å²) in [6.07, 6.45) is 4.00. The van der Waals surface area contributed by atoms with Crippen molar-refractivity contribution >= 4 is 23.6 Å². The van der Waals surface area contributed by atoms with Gasteiger partial charge in [-0.2, -0.15) is 0 Å². The molecule has 1 N–H and O–H groups in total. The summed E-state index contributed by atoms with van der Waals surface area (Å²) in [6.45, 7) is 0.566. The number of carbonyl (C=O) groups excluding carboxylic acids is 1. The molecule has 126 valence electrons. The second kappa shape index (κ2) is 8.99. The lowest BCUT2D eigenvalue weighted by Gasteiger charge is -2.07. The van der Waals surface area contributed by atoms with Crippen LogP contribution in [0.3, 0.4) is 0 Å². The van der Waals surface area contributed by atoms with Gasteiger partial charge in [0.2, 0.25) is 5.91 Å². The zero-order valence-corrected chi connectivity index (χ0v) is 14.5. The number of ether oxygens (including phenoxy) is 2. The van der Waals surface area contributed by atoms with Gasteiger partial charge in [-0.3, -0.25) is 4.79 Å². The Bertz CT molecular complexity index is 711. The fourth-order valence-electron chi connectivity index (χ4n) is 2.17. The quantitative estimate of drug-likeness (QED) is 0.778. The molecule has 0 spiro atoms. The molecule has 0 radical (unpaired) electrons. The third-order valence-electron chi connectivity index (χ3n) is 3.46. The molecule has 0 saturated heterocycles. The summed E-state index contributed by atoms with van der Waals surface area (Å²) in [7, 11) is 3.16. The van der Waals surface area contributed by atoms with Gasteiger partial charge in [0.25, 0.3) is 0 Å². The van der Waals surface area contributed by atoms with Crippen LogP contribution in [0, 0.1) is 0 Å². The second-order valence-electron chi connectivity index (χ2n) is 5.12. The topological polar surface area (TPSA) is 47.6 Å². The van der Waals surface area contributed by atoms with Crippen molar-refractivity contribution in [2.75, 3.05) is 20.8 Å². The van der Waals surface area contributed by atoms with Crippen molar-refractivity contribution in [2.45, 2.75) is 6.42 Å². The minimum absolute atomic E-state index is 0.140. The summed E-state index contributed by atoms with van der Waals surface area (Å²) >= 11 is 5.84. The van der Waals surface area contributed by atoms with Crippen molar-refractivity contribution in [3.63, 3.8) is 0 Å². The highest BCUT2D eigenvalue weighted by Gasteiger charge is 2.03. The minimum Gasteiger partial charge on any atom is -0.493 e. The number of methoxy groups -OCH3 is 2. The Morgan fingerprint density at radius 1 is 1.08 bits per heavy atom. The van der Waals surface area contributed by atoms with E-state index >= 15 is 0 Å². The molecule has 24 heavy (non-hydrogen) atoms. The Labute approximate surface area is 147 Å². The molecule has 2 rings (SSSR count). The second-order valence-corrected chi connectivity index (χ2v) is 5.55. The van der Waals surface area contributed by atoms with E-state index in [0.29, 0.717) is 23.1 Å².